The van der Waals surface area contributed by atoms with Gasteiger partial charge in [0.15, 0.2) is 0 Å². The summed E-state index contributed by atoms with van der Waals surface area (Å²) in [6.45, 7) is 6.21. The van der Waals surface area contributed by atoms with Crippen LogP contribution in [0.4, 0.5) is 0 Å². The van der Waals surface area contributed by atoms with Crippen LogP contribution in [0.25, 0.3) is 0 Å². The molecule has 3 nitrogen and oxygen atoms in total. The number of hydrogen-bond donors (Lipinski definition) is 1. The van der Waals surface area contributed by atoms with Crippen molar-refractivity contribution >= 4 is 0 Å². The van der Waals surface area contributed by atoms with Gasteiger partial charge >= 0.3 is 0 Å². The number of aliphatic hydroxyl groups excluding tert-OH is 1. The predicted octanol–water partition coefficient (Wildman–Crippen LogP) is 2.40. The minimum absolute atomic E-state index is 0.00742. The maximum atomic E-state index is 9.79. The summed E-state index contributed by atoms with van der Waals surface area (Å²) in [6.07, 6.45) is 5.94. The van der Waals surface area contributed by atoms with Gasteiger partial charge in [-0.2, -0.15) is 0 Å². The van der Waals surface area contributed by atoms with E-state index in [-0.39, 0.29) is 6.10 Å². The lowest BCUT2D eigenvalue weighted by Gasteiger charge is -2.37. The Morgan fingerprint density at radius 3 is 2.26 bits per heavy atom. The molecule has 3 fully saturated rings. The van der Waals surface area contributed by atoms with Crippen molar-refractivity contribution in [2.24, 2.45) is 11.8 Å². The third-order valence-corrected chi connectivity index (χ3v) is 6.39. The van der Waals surface area contributed by atoms with Crippen LogP contribution < -0.4 is 0 Å². The molecule has 2 heterocycles. The molecule has 1 aromatic carbocycles. The number of likely N-dealkylation sites (tertiary alicyclic amines) is 2. The molecule has 4 rings (SSSR count). The first-order valence-electron chi connectivity index (χ1n) is 9.46. The monoisotopic (exact) mass is 314 g/mol. The van der Waals surface area contributed by atoms with Gasteiger partial charge in [0, 0.05) is 25.7 Å². The highest BCUT2D eigenvalue weighted by molar-refractivity contribution is 5.14. The fourth-order valence-corrected chi connectivity index (χ4v) is 5.04. The quantitative estimate of drug-likeness (QED) is 0.924. The minimum atomic E-state index is -0.00742. The Kier molecular flexibility index (Phi) is 4.70. The van der Waals surface area contributed by atoms with Crippen molar-refractivity contribution < 1.29 is 5.11 Å². The van der Waals surface area contributed by atoms with Crippen LogP contribution in [0.15, 0.2) is 30.3 Å². The standard InChI is InChI=1S/C20H30N2O/c23-20-12-17-14-22(15-18(17)13-20)19-7-10-21(11-8-19)9-6-16-4-2-1-3-5-16/h1-5,17-20,23H,6-15H2/t17-,18+,20?. The molecule has 3 heteroatoms. The molecule has 0 spiro atoms. The smallest absolute Gasteiger partial charge is 0.0546 e. The summed E-state index contributed by atoms with van der Waals surface area (Å²) in [5.74, 6) is 1.56. The van der Waals surface area contributed by atoms with Gasteiger partial charge in [0.1, 0.15) is 0 Å². The number of fused-ring (bicyclic) bond motifs is 1. The van der Waals surface area contributed by atoms with E-state index < -0.39 is 0 Å². The number of nitrogens with zero attached hydrogens (tertiary/aromatic N) is 2. The summed E-state index contributed by atoms with van der Waals surface area (Å²) in [7, 11) is 0. The van der Waals surface area contributed by atoms with Crippen molar-refractivity contribution in [2.45, 2.75) is 44.2 Å². The molecule has 0 radical (unpaired) electrons. The zero-order valence-corrected chi connectivity index (χ0v) is 14.1. The van der Waals surface area contributed by atoms with E-state index in [9.17, 15) is 5.11 Å². The third-order valence-electron chi connectivity index (χ3n) is 6.39. The van der Waals surface area contributed by atoms with Crippen LogP contribution in [-0.4, -0.2) is 59.8 Å². The van der Waals surface area contributed by atoms with Crippen molar-refractivity contribution in [1.82, 2.24) is 9.80 Å². The van der Waals surface area contributed by atoms with E-state index in [1.807, 2.05) is 0 Å². The van der Waals surface area contributed by atoms with E-state index in [4.69, 9.17) is 0 Å². The van der Waals surface area contributed by atoms with E-state index >= 15 is 0 Å². The van der Waals surface area contributed by atoms with Crippen molar-refractivity contribution in [3.8, 4) is 0 Å². The molecule has 1 unspecified atom stereocenters. The Balaban J connectivity index is 1.21. The average molecular weight is 314 g/mol. The molecule has 3 atom stereocenters. The Morgan fingerprint density at radius 2 is 1.61 bits per heavy atom. The lowest BCUT2D eigenvalue weighted by molar-refractivity contribution is 0.109. The topological polar surface area (TPSA) is 26.7 Å². The SMILES string of the molecule is OC1C[C@@H]2CN(C3CCN(CCc4ccccc4)CC3)C[C@@H]2C1. The molecule has 3 aliphatic rings. The van der Waals surface area contributed by atoms with Gasteiger partial charge in [-0.05, 0) is 62.6 Å². The molecule has 23 heavy (non-hydrogen) atoms. The number of rotatable bonds is 4. The van der Waals surface area contributed by atoms with Crippen molar-refractivity contribution in [3.05, 3.63) is 35.9 Å². The number of aliphatic hydroxyl groups is 1. The van der Waals surface area contributed by atoms with Crippen LogP contribution in [0.3, 0.4) is 0 Å². The van der Waals surface area contributed by atoms with Crippen LogP contribution in [0.1, 0.15) is 31.2 Å². The van der Waals surface area contributed by atoms with Crippen molar-refractivity contribution in [3.63, 3.8) is 0 Å². The van der Waals surface area contributed by atoms with E-state index in [2.05, 4.69) is 40.1 Å². The molecule has 1 N–H and O–H groups in total. The number of hydrogen-bond acceptors (Lipinski definition) is 3. The van der Waals surface area contributed by atoms with Crippen LogP contribution >= 0.6 is 0 Å². The highest BCUT2D eigenvalue weighted by Crippen LogP contribution is 2.39. The second kappa shape index (κ2) is 6.92. The summed E-state index contributed by atoms with van der Waals surface area (Å²) in [4.78, 5) is 5.39. The zero-order valence-electron chi connectivity index (χ0n) is 14.1. The van der Waals surface area contributed by atoms with E-state index in [0.29, 0.717) is 0 Å². The van der Waals surface area contributed by atoms with Gasteiger partial charge in [-0.1, -0.05) is 30.3 Å². The maximum Gasteiger partial charge on any atom is 0.0546 e. The molecule has 0 aromatic heterocycles. The Hall–Kier alpha value is -0.900. The summed E-state index contributed by atoms with van der Waals surface area (Å²) in [6, 6.07) is 11.7. The van der Waals surface area contributed by atoms with Crippen LogP contribution in [0, 0.1) is 11.8 Å². The second-order valence-corrected chi connectivity index (χ2v) is 7.91. The molecular formula is C20H30N2O. The van der Waals surface area contributed by atoms with Gasteiger partial charge in [0.05, 0.1) is 6.10 Å². The molecule has 1 aromatic rings. The van der Waals surface area contributed by atoms with Crippen LogP contribution in [0.5, 0.6) is 0 Å². The van der Waals surface area contributed by atoms with Gasteiger partial charge in [-0.15, -0.1) is 0 Å². The molecule has 126 valence electrons. The summed E-state index contributed by atoms with van der Waals surface area (Å²) < 4.78 is 0. The third kappa shape index (κ3) is 3.62. The van der Waals surface area contributed by atoms with E-state index in [0.717, 1.165) is 30.7 Å². The summed E-state index contributed by atoms with van der Waals surface area (Å²) >= 11 is 0. The Morgan fingerprint density at radius 1 is 0.957 bits per heavy atom. The first-order valence-corrected chi connectivity index (χ1v) is 9.46. The maximum absolute atomic E-state index is 9.79. The van der Waals surface area contributed by atoms with E-state index in [1.165, 1.54) is 57.5 Å². The predicted molar refractivity (Wildman–Crippen MR) is 93.4 cm³/mol. The highest BCUT2D eigenvalue weighted by atomic mass is 16.3. The van der Waals surface area contributed by atoms with Gasteiger partial charge in [-0.3, -0.25) is 4.90 Å². The Labute approximate surface area is 140 Å². The lowest BCUT2D eigenvalue weighted by atomic mass is 10.0. The fraction of sp³-hybridized carbons (Fsp3) is 0.700. The van der Waals surface area contributed by atoms with Crippen LogP contribution in [0.2, 0.25) is 0 Å². The molecule has 0 amide bonds. The molecule has 1 saturated carbocycles. The first-order chi connectivity index (χ1) is 11.3. The van der Waals surface area contributed by atoms with Crippen molar-refractivity contribution in [1.29, 1.82) is 0 Å². The van der Waals surface area contributed by atoms with Crippen molar-refractivity contribution in [2.75, 3.05) is 32.7 Å². The summed E-state index contributed by atoms with van der Waals surface area (Å²) in [5.41, 5.74) is 1.46. The van der Waals surface area contributed by atoms with Gasteiger partial charge in [0.25, 0.3) is 0 Å². The molecular weight excluding hydrogens is 284 g/mol. The number of piperidine rings is 1. The molecule has 1 aliphatic carbocycles. The van der Waals surface area contributed by atoms with Gasteiger partial charge in [-0.25, -0.2) is 0 Å². The highest BCUT2D eigenvalue weighted by Gasteiger charge is 2.42. The molecule has 2 aliphatic heterocycles. The Bertz CT molecular complexity index is 484. The fourth-order valence-electron chi connectivity index (χ4n) is 5.04. The molecule has 2 saturated heterocycles. The average Bonchev–Trinajstić information content (AvgIpc) is 3.12. The zero-order chi connectivity index (χ0) is 15.6. The first kappa shape index (κ1) is 15.6. The largest absolute Gasteiger partial charge is 0.393 e. The second-order valence-electron chi connectivity index (χ2n) is 7.91. The van der Waals surface area contributed by atoms with E-state index in [1.54, 1.807) is 0 Å². The minimum Gasteiger partial charge on any atom is -0.393 e. The van der Waals surface area contributed by atoms with Gasteiger partial charge in [0.2, 0.25) is 0 Å². The molecule has 0 bridgehead atoms. The lowest BCUT2D eigenvalue weighted by Crippen LogP contribution is -2.45. The normalized spacial score (nSPS) is 33.2. The number of benzene rings is 1. The van der Waals surface area contributed by atoms with Gasteiger partial charge < -0.3 is 10.0 Å². The summed E-state index contributed by atoms with van der Waals surface area (Å²) in [5, 5.41) is 9.79. The van der Waals surface area contributed by atoms with Crippen LogP contribution in [-0.2, 0) is 6.42 Å².